The number of phenolic OH excluding ortho intramolecular Hbond substituents is 1. The number of ketones is 2. The summed E-state index contributed by atoms with van der Waals surface area (Å²) in [7, 11) is 0. The van der Waals surface area contributed by atoms with Gasteiger partial charge in [-0.05, 0) is 56.2 Å². The minimum absolute atomic E-state index is 0.000410. The van der Waals surface area contributed by atoms with E-state index in [0.717, 1.165) is 0 Å². The highest BCUT2D eigenvalue weighted by atomic mass is 16.4. The molecular weight excluding hydrogens is 716 g/mol. The Labute approximate surface area is 321 Å². The Kier molecular flexibility index (Phi) is 17.9. The first-order chi connectivity index (χ1) is 25.6. The second kappa shape index (κ2) is 21.3. The summed E-state index contributed by atoms with van der Waals surface area (Å²) in [6.45, 7) is 9.72. The van der Waals surface area contributed by atoms with Crippen molar-refractivity contribution in [2.24, 2.45) is 35.1 Å². The van der Waals surface area contributed by atoms with Crippen LogP contribution in [0.25, 0.3) is 0 Å². The van der Waals surface area contributed by atoms with Gasteiger partial charge in [0.15, 0.2) is 11.6 Å². The number of likely N-dealkylation sites (tertiary alicyclic amines) is 1. The first kappa shape index (κ1) is 46.3. The van der Waals surface area contributed by atoms with E-state index in [4.69, 9.17) is 11.5 Å². The summed E-state index contributed by atoms with van der Waals surface area (Å²) < 4.78 is 0. The van der Waals surface area contributed by atoms with Crippen molar-refractivity contribution in [3.63, 3.8) is 0 Å². The number of nitrogens with one attached hydrogen (secondary N) is 3. The Morgan fingerprint density at radius 1 is 0.873 bits per heavy atom. The topological polar surface area (TPSA) is 289 Å². The maximum absolute atomic E-state index is 13.8. The molecule has 2 rings (SSSR count). The van der Waals surface area contributed by atoms with Crippen molar-refractivity contribution in [2.75, 3.05) is 6.54 Å². The van der Waals surface area contributed by atoms with Gasteiger partial charge in [-0.2, -0.15) is 0 Å². The minimum Gasteiger partial charge on any atom is -0.508 e. The maximum atomic E-state index is 13.8. The number of phenols is 1. The van der Waals surface area contributed by atoms with E-state index in [0.29, 0.717) is 5.56 Å². The van der Waals surface area contributed by atoms with Gasteiger partial charge < -0.3 is 47.6 Å². The van der Waals surface area contributed by atoms with Gasteiger partial charge in [-0.3, -0.25) is 38.4 Å². The third kappa shape index (κ3) is 14.7. The number of rotatable bonds is 23. The number of nitrogens with two attached hydrogens (primary N) is 2. The van der Waals surface area contributed by atoms with Crippen molar-refractivity contribution >= 4 is 47.1 Å². The van der Waals surface area contributed by atoms with Crippen LogP contribution in [-0.4, -0.2) is 110 Å². The summed E-state index contributed by atoms with van der Waals surface area (Å²) in [6, 6.07) is 0.525. The van der Waals surface area contributed by atoms with E-state index in [1.165, 1.54) is 30.9 Å². The van der Waals surface area contributed by atoms with Crippen molar-refractivity contribution in [1.82, 2.24) is 20.9 Å². The number of Topliss-reactive ketones (excluding diaryl/α,β-unsaturated/α-hetero) is 2. The Morgan fingerprint density at radius 2 is 1.49 bits per heavy atom. The molecule has 0 bridgehead atoms. The highest BCUT2D eigenvalue weighted by Gasteiger charge is 2.40. The lowest BCUT2D eigenvalue weighted by atomic mass is 9.86. The molecule has 10 N–H and O–H groups in total. The number of aromatic hydroxyl groups is 1. The number of aliphatic hydroxyl groups excluding tert-OH is 1. The molecule has 0 aliphatic carbocycles. The fraction of sp³-hybridized carbons (Fsp3) is 0.632. The predicted molar refractivity (Wildman–Crippen MR) is 200 cm³/mol. The number of carbonyl (C=O) groups excluding carboxylic acids is 7. The zero-order valence-corrected chi connectivity index (χ0v) is 32.4. The molecule has 17 heteroatoms. The van der Waals surface area contributed by atoms with Crippen LogP contribution in [0.1, 0.15) is 85.6 Å². The number of primary amides is 1. The van der Waals surface area contributed by atoms with Gasteiger partial charge in [-0.25, -0.2) is 0 Å². The zero-order chi connectivity index (χ0) is 41.7. The first-order valence-electron chi connectivity index (χ1n) is 18.6. The first-order valence-corrected chi connectivity index (χ1v) is 18.6. The summed E-state index contributed by atoms with van der Waals surface area (Å²) in [5.74, 6) is -8.38. The van der Waals surface area contributed by atoms with Gasteiger partial charge >= 0.3 is 5.97 Å². The molecule has 1 aromatic carbocycles. The lowest BCUT2D eigenvalue weighted by Gasteiger charge is -2.31. The summed E-state index contributed by atoms with van der Waals surface area (Å²) in [5, 5.41) is 37.4. The van der Waals surface area contributed by atoms with Crippen molar-refractivity contribution in [2.45, 2.75) is 123 Å². The Bertz CT molecular complexity index is 1550. The molecule has 0 aromatic heterocycles. The van der Waals surface area contributed by atoms with Crippen molar-refractivity contribution in [3.8, 4) is 5.75 Å². The molecule has 17 nitrogen and oxygen atoms in total. The third-order valence-corrected chi connectivity index (χ3v) is 9.63. The average Bonchev–Trinajstić information content (AvgIpc) is 3.42. The standard InChI is InChI=1S/C38H58N6O11/c1-19(2)13-24(36(53)41-21(5)35(40)52)15-30(47)28(11-12-33(50)51)42-37(54)27(20(3)4)17-31(48)34(22(6)45)43-38(55)29(44-18-25(39)16-32(44)49)14-23-7-9-26(46)10-8-23/h7-10,19-22,24-25,27-29,34,45-46H,11-18,39H2,1-6H3,(H2,40,52)(H,41,53)(H,42,54)(H,43,55)(H,50,51)/t21-,22-,24+,25-,27-,28-,29-,34-/m1/s1. The van der Waals surface area contributed by atoms with Gasteiger partial charge in [0.05, 0.1) is 12.1 Å². The normalized spacial score (nSPS) is 18.1. The number of hydrogen-bond acceptors (Lipinski definition) is 11. The quantitative estimate of drug-likeness (QED) is 0.0725. The molecule has 1 aliphatic rings. The number of aliphatic carboxylic acids is 1. The van der Waals surface area contributed by atoms with E-state index in [2.05, 4.69) is 16.0 Å². The number of carboxylic acids is 1. The van der Waals surface area contributed by atoms with Gasteiger partial charge in [-0.1, -0.05) is 39.8 Å². The number of carbonyl (C=O) groups is 8. The zero-order valence-electron chi connectivity index (χ0n) is 32.4. The van der Waals surface area contributed by atoms with Crippen LogP contribution >= 0.6 is 0 Å². The molecule has 0 saturated carbocycles. The lowest BCUT2D eigenvalue weighted by molar-refractivity contribution is -0.140. The highest BCUT2D eigenvalue weighted by Crippen LogP contribution is 2.23. The molecule has 306 valence electrons. The maximum Gasteiger partial charge on any atom is 0.303 e. The summed E-state index contributed by atoms with van der Waals surface area (Å²) in [5.41, 5.74) is 11.9. The molecule has 1 heterocycles. The van der Waals surface area contributed by atoms with E-state index in [1.807, 2.05) is 13.8 Å². The van der Waals surface area contributed by atoms with Gasteiger partial charge in [0.2, 0.25) is 29.5 Å². The van der Waals surface area contributed by atoms with Crippen molar-refractivity contribution in [1.29, 1.82) is 0 Å². The minimum atomic E-state index is -1.50. The molecule has 1 aliphatic heterocycles. The second-order valence-electron chi connectivity index (χ2n) is 15.3. The summed E-state index contributed by atoms with van der Waals surface area (Å²) >= 11 is 0. The third-order valence-electron chi connectivity index (χ3n) is 9.63. The predicted octanol–water partition coefficient (Wildman–Crippen LogP) is -0.0790. The number of benzene rings is 1. The highest BCUT2D eigenvalue weighted by molar-refractivity contribution is 5.97. The van der Waals surface area contributed by atoms with Gasteiger partial charge in [0, 0.05) is 56.5 Å². The molecular formula is C38H58N6O11. The summed E-state index contributed by atoms with van der Waals surface area (Å²) in [4.78, 5) is 105. The van der Waals surface area contributed by atoms with Crippen molar-refractivity contribution < 1.29 is 53.7 Å². The van der Waals surface area contributed by atoms with Crippen LogP contribution in [0.5, 0.6) is 5.75 Å². The number of aliphatic hydroxyl groups is 1. The molecule has 1 aromatic rings. The van der Waals surface area contributed by atoms with Crippen LogP contribution in [0.2, 0.25) is 0 Å². The molecule has 1 saturated heterocycles. The number of carboxylic acid groups (broad SMARTS) is 1. The number of amides is 5. The van der Waals surface area contributed by atoms with E-state index in [1.54, 1.807) is 26.0 Å². The fourth-order valence-electron chi connectivity index (χ4n) is 6.46. The SMILES string of the molecule is CC(C)C[C@@H](CC(=O)[C@@H](CCC(=O)O)NC(=O)[C@H](CC(=O)[C@H](NC(=O)[C@@H](Cc1ccc(O)cc1)N1C[C@H](N)CC1=O)[C@@H](C)O)C(C)C)C(=O)N[C@H](C)C(N)=O. The lowest BCUT2D eigenvalue weighted by Crippen LogP contribution is -2.56. The Hall–Kier alpha value is -4.90. The molecule has 0 spiro atoms. The monoisotopic (exact) mass is 774 g/mol. The van der Waals surface area contributed by atoms with Crippen LogP contribution in [-0.2, 0) is 44.8 Å². The van der Waals surface area contributed by atoms with Crippen LogP contribution in [0, 0.1) is 23.7 Å². The molecule has 0 radical (unpaired) electrons. The number of nitrogens with zero attached hydrogens (tertiary/aromatic N) is 1. The van der Waals surface area contributed by atoms with Gasteiger partial charge in [0.1, 0.15) is 23.9 Å². The second-order valence-corrected chi connectivity index (χ2v) is 15.3. The van der Waals surface area contributed by atoms with E-state index < -0.39 is 108 Å². The average molecular weight is 775 g/mol. The Morgan fingerprint density at radius 3 is 1.98 bits per heavy atom. The van der Waals surface area contributed by atoms with Crippen molar-refractivity contribution in [3.05, 3.63) is 29.8 Å². The van der Waals surface area contributed by atoms with Gasteiger partial charge in [0.25, 0.3) is 0 Å². The van der Waals surface area contributed by atoms with E-state index in [9.17, 15) is 53.7 Å². The molecule has 5 amide bonds. The fourth-order valence-corrected chi connectivity index (χ4v) is 6.46. The van der Waals surface area contributed by atoms with Crippen LogP contribution in [0.15, 0.2) is 24.3 Å². The molecule has 0 unspecified atom stereocenters. The van der Waals surface area contributed by atoms with E-state index >= 15 is 0 Å². The molecule has 8 atom stereocenters. The molecule has 1 fully saturated rings. The van der Waals surface area contributed by atoms with Crippen LogP contribution < -0.4 is 27.4 Å². The van der Waals surface area contributed by atoms with Crippen LogP contribution in [0.4, 0.5) is 0 Å². The summed E-state index contributed by atoms with van der Waals surface area (Å²) in [6.07, 6.45) is -2.82. The Balaban J connectivity index is 2.30. The van der Waals surface area contributed by atoms with Crippen LogP contribution in [0.3, 0.4) is 0 Å². The van der Waals surface area contributed by atoms with Gasteiger partial charge in [-0.15, -0.1) is 0 Å². The smallest absolute Gasteiger partial charge is 0.303 e. The van der Waals surface area contributed by atoms with E-state index in [-0.39, 0.29) is 56.2 Å². The largest absolute Gasteiger partial charge is 0.508 e. The molecule has 55 heavy (non-hydrogen) atoms. The number of hydrogen-bond donors (Lipinski definition) is 8.